The molecular weight excluding hydrogens is 393 g/mol. The Balaban J connectivity index is 1.67. The molecule has 1 heterocycles. The van der Waals surface area contributed by atoms with E-state index in [4.69, 9.17) is 27.6 Å². The van der Waals surface area contributed by atoms with Gasteiger partial charge in [-0.15, -0.1) is 10.2 Å². The van der Waals surface area contributed by atoms with E-state index in [0.717, 1.165) is 11.1 Å². The third-order valence-electron chi connectivity index (χ3n) is 3.56. The van der Waals surface area contributed by atoms with E-state index in [1.165, 1.54) is 11.8 Å². The monoisotopic (exact) mass is 407 g/mol. The highest BCUT2D eigenvalue weighted by atomic mass is 35.5. The topological polar surface area (TPSA) is 68.0 Å². The van der Waals surface area contributed by atoms with E-state index in [2.05, 4.69) is 15.5 Å². The summed E-state index contributed by atoms with van der Waals surface area (Å²) in [5.41, 5.74) is 2.44. The SMILES string of the molecule is Cc1ccccc1-c1nnc(S[C@H](C)C(=O)Nc2cc(Cl)cc(Cl)c2)o1. The lowest BCUT2D eigenvalue weighted by Gasteiger charge is -2.10. The van der Waals surface area contributed by atoms with Gasteiger partial charge in [0.2, 0.25) is 11.8 Å². The van der Waals surface area contributed by atoms with Crippen molar-refractivity contribution in [3.05, 3.63) is 58.1 Å². The Bertz CT molecular complexity index is 925. The number of thioether (sulfide) groups is 1. The summed E-state index contributed by atoms with van der Waals surface area (Å²) in [6, 6.07) is 12.6. The van der Waals surface area contributed by atoms with E-state index in [-0.39, 0.29) is 5.91 Å². The van der Waals surface area contributed by atoms with Crippen molar-refractivity contribution in [2.75, 3.05) is 5.32 Å². The molecule has 0 spiro atoms. The molecule has 134 valence electrons. The van der Waals surface area contributed by atoms with Gasteiger partial charge in [0.05, 0.1) is 5.25 Å². The van der Waals surface area contributed by atoms with Crippen LogP contribution in [0.15, 0.2) is 52.1 Å². The molecule has 5 nitrogen and oxygen atoms in total. The van der Waals surface area contributed by atoms with Crippen LogP contribution >= 0.6 is 35.0 Å². The number of nitrogens with one attached hydrogen (secondary N) is 1. The molecule has 0 saturated carbocycles. The minimum absolute atomic E-state index is 0.219. The number of halogens is 2. The first-order valence-corrected chi connectivity index (χ1v) is 9.39. The number of anilines is 1. The standard InChI is InChI=1S/C18H15Cl2N3O2S/c1-10-5-3-4-6-15(10)17-22-23-18(25-17)26-11(2)16(24)21-14-8-12(19)7-13(20)9-14/h3-9,11H,1-2H3,(H,21,24)/t11-/m1/s1. The Morgan fingerprint density at radius 2 is 1.85 bits per heavy atom. The second-order valence-corrected chi connectivity index (χ2v) is 7.76. The molecule has 3 rings (SSSR count). The quantitative estimate of drug-likeness (QED) is 0.567. The molecule has 2 aromatic carbocycles. The summed E-state index contributed by atoms with van der Waals surface area (Å²) >= 11 is 13.1. The molecule has 0 bridgehead atoms. The second-order valence-electron chi connectivity index (χ2n) is 5.60. The third-order valence-corrected chi connectivity index (χ3v) is 4.93. The summed E-state index contributed by atoms with van der Waals surface area (Å²) in [5.74, 6) is 0.212. The fourth-order valence-corrected chi connectivity index (χ4v) is 3.46. The number of amides is 1. The molecule has 0 saturated heterocycles. The van der Waals surface area contributed by atoms with Crippen LogP contribution in [0.1, 0.15) is 12.5 Å². The van der Waals surface area contributed by atoms with Crippen LogP contribution in [0.5, 0.6) is 0 Å². The largest absolute Gasteiger partial charge is 0.411 e. The lowest BCUT2D eigenvalue weighted by atomic mass is 10.1. The molecular formula is C18H15Cl2N3O2S. The van der Waals surface area contributed by atoms with E-state index in [1.54, 1.807) is 25.1 Å². The second kappa shape index (κ2) is 8.12. The highest BCUT2D eigenvalue weighted by Crippen LogP contribution is 2.29. The smallest absolute Gasteiger partial charge is 0.277 e. The summed E-state index contributed by atoms with van der Waals surface area (Å²) in [4.78, 5) is 12.4. The lowest BCUT2D eigenvalue weighted by Crippen LogP contribution is -2.22. The number of aromatic nitrogens is 2. The van der Waals surface area contributed by atoms with Gasteiger partial charge in [-0.1, -0.05) is 53.2 Å². The van der Waals surface area contributed by atoms with Crippen molar-refractivity contribution in [2.45, 2.75) is 24.3 Å². The van der Waals surface area contributed by atoms with Gasteiger partial charge >= 0.3 is 0 Å². The Hall–Kier alpha value is -2.02. The van der Waals surface area contributed by atoms with E-state index < -0.39 is 5.25 Å². The van der Waals surface area contributed by atoms with Crippen LogP contribution in [-0.2, 0) is 4.79 Å². The van der Waals surface area contributed by atoms with Crippen LogP contribution in [0.2, 0.25) is 10.0 Å². The molecule has 8 heteroatoms. The third kappa shape index (κ3) is 4.58. The average molecular weight is 408 g/mol. The number of aryl methyl sites for hydroxylation is 1. The zero-order valence-corrected chi connectivity index (χ0v) is 16.3. The maximum Gasteiger partial charge on any atom is 0.277 e. The highest BCUT2D eigenvalue weighted by molar-refractivity contribution is 8.00. The number of nitrogens with zero attached hydrogens (tertiary/aromatic N) is 2. The van der Waals surface area contributed by atoms with Gasteiger partial charge < -0.3 is 9.73 Å². The van der Waals surface area contributed by atoms with Crippen molar-refractivity contribution in [3.63, 3.8) is 0 Å². The van der Waals surface area contributed by atoms with Gasteiger partial charge in [-0.25, -0.2) is 0 Å². The van der Waals surface area contributed by atoms with Crippen LogP contribution in [0.3, 0.4) is 0 Å². The molecule has 0 aliphatic heterocycles. The van der Waals surface area contributed by atoms with Crippen molar-refractivity contribution in [1.82, 2.24) is 10.2 Å². The molecule has 0 aliphatic rings. The van der Waals surface area contributed by atoms with Crippen LogP contribution < -0.4 is 5.32 Å². The van der Waals surface area contributed by atoms with Crippen molar-refractivity contribution >= 4 is 46.6 Å². The molecule has 1 aromatic heterocycles. The average Bonchev–Trinajstić information content (AvgIpc) is 3.02. The Kier molecular flexibility index (Phi) is 5.86. The molecule has 0 fully saturated rings. The van der Waals surface area contributed by atoms with Crippen molar-refractivity contribution in [2.24, 2.45) is 0 Å². The van der Waals surface area contributed by atoms with Crippen molar-refractivity contribution in [3.8, 4) is 11.5 Å². The molecule has 0 aliphatic carbocycles. The highest BCUT2D eigenvalue weighted by Gasteiger charge is 2.19. The molecule has 26 heavy (non-hydrogen) atoms. The summed E-state index contributed by atoms with van der Waals surface area (Å²) < 4.78 is 5.68. The minimum Gasteiger partial charge on any atom is -0.411 e. The first-order valence-electron chi connectivity index (χ1n) is 7.75. The molecule has 1 atom stereocenters. The zero-order chi connectivity index (χ0) is 18.7. The van der Waals surface area contributed by atoms with Gasteiger partial charge in [-0.3, -0.25) is 4.79 Å². The lowest BCUT2D eigenvalue weighted by molar-refractivity contribution is -0.115. The van der Waals surface area contributed by atoms with E-state index in [9.17, 15) is 4.79 Å². The number of hydrogen-bond acceptors (Lipinski definition) is 5. The van der Waals surface area contributed by atoms with Gasteiger partial charge in [0.25, 0.3) is 5.22 Å². The number of benzene rings is 2. The summed E-state index contributed by atoms with van der Waals surface area (Å²) in [5, 5.41) is 11.6. The van der Waals surface area contributed by atoms with Gasteiger partial charge in [-0.2, -0.15) is 0 Å². The Morgan fingerprint density at radius 1 is 1.15 bits per heavy atom. The summed E-state index contributed by atoms with van der Waals surface area (Å²) in [6.07, 6.45) is 0. The van der Waals surface area contributed by atoms with Gasteiger partial charge in [0.15, 0.2) is 0 Å². The Labute approximate surface area is 165 Å². The van der Waals surface area contributed by atoms with E-state index >= 15 is 0 Å². The van der Waals surface area contributed by atoms with E-state index in [1.807, 2.05) is 31.2 Å². The number of carbonyl (C=O) groups is 1. The van der Waals surface area contributed by atoms with Gasteiger partial charge in [0, 0.05) is 21.3 Å². The molecule has 1 amide bonds. The fourth-order valence-electron chi connectivity index (χ4n) is 2.25. The van der Waals surface area contributed by atoms with Crippen LogP contribution in [-0.4, -0.2) is 21.4 Å². The van der Waals surface area contributed by atoms with Crippen LogP contribution in [0.4, 0.5) is 5.69 Å². The summed E-state index contributed by atoms with van der Waals surface area (Å²) in [6.45, 7) is 3.72. The maximum atomic E-state index is 12.4. The number of carbonyl (C=O) groups excluding carboxylic acids is 1. The molecule has 0 unspecified atom stereocenters. The van der Waals surface area contributed by atoms with Gasteiger partial charge in [-0.05, 0) is 43.7 Å². The van der Waals surface area contributed by atoms with E-state index in [0.29, 0.717) is 26.8 Å². The molecule has 0 radical (unpaired) electrons. The summed E-state index contributed by atoms with van der Waals surface area (Å²) in [7, 11) is 0. The van der Waals surface area contributed by atoms with Crippen molar-refractivity contribution < 1.29 is 9.21 Å². The molecule has 1 N–H and O–H groups in total. The van der Waals surface area contributed by atoms with Gasteiger partial charge in [0.1, 0.15) is 0 Å². The predicted molar refractivity (Wildman–Crippen MR) is 105 cm³/mol. The maximum absolute atomic E-state index is 12.4. The zero-order valence-electron chi connectivity index (χ0n) is 14.0. The number of rotatable bonds is 5. The molecule has 3 aromatic rings. The Morgan fingerprint density at radius 3 is 2.54 bits per heavy atom. The normalized spacial score (nSPS) is 12.0. The van der Waals surface area contributed by atoms with Crippen molar-refractivity contribution in [1.29, 1.82) is 0 Å². The van der Waals surface area contributed by atoms with Crippen LogP contribution in [0, 0.1) is 6.92 Å². The minimum atomic E-state index is -0.446. The first kappa shape index (κ1) is 18.8. The fraction of sp³-hybridized carbons (Fsp3) is 0.167. The number of hydrogen-bond donors (Lipinski definition) is 1. The predicted octanol–water partition coefficient (Wildman–Crippen LogP) is 5.47. The first-order chi connectivity index (χ1) is 12.4. The van der Waals surface area contributed by atoms with Crippen LogP contribution in [0.25, 0.3) is 11.5 Å².